The minimum Gasteiger partial charge on any atom is -0.393 e. The molecule has 5 aliphatic rings. The first-order valence-electron chi connectivity index (χ1n) is 10.6. The van der Waals surface area contributed by atoms with Crippen LogP contribution < -0.4 is 0 Å². The van der Waals surface area contributed by atoms with Crippen molar-refractivity contribution in [2.75, 3.05) is 13.2 Å². The molecule has 6 heteroatoms. The van der Waals surface area contributed by atoms with Gasteiger partial charge in [0.05, 0.1) is 36.9 Å². The van der Waals surface area contributed by atoms with E-state index < -0.39 is 29.5 Å². The lowest BCUT2D eigenvalue weighted by Gasteiger charge is -2.63. The first kappa shape index (κ1) is 18.5. The fraction of sp³-hybridized carbons (Fsp3) is 0.952. The van der Waals surface area contributed by atoms with Crippen LogP contribution in [0.1, 0.15) is 52.4 Å². The van der Waals surface area contributed by atoms with Crippen molar-refractivity contribution in [2.45, 2.75) is 76.5 Å². The van der Waals surface area contributed by atoms with E-state index in [0.29, 0.717) is 26.1 Å². The molecule has 3 N–H and O–H groups in total. The Hall–Kier alpha value is -0.530. The van der Waals surface area contributed by atoms with Crippen LogP contribution in [0.4, 0.5) is 0 Å². The summed E-state index contributed by atoms with van der Waals surface area (Å²) in [5, 5.41) is 32.9. The van der Waals surface area contributed by atoms with E-state index in [0.717, 1.165) is 19.3 Å². The molecule has 1 heterocycles. The summed E-state index contributed by atoms with van der Waals surface area (Å²) in [6.45, 7) is 5.34. The van der Waals surface area contributed by atoms with E-state index in [1.54, 1.807) is 6.92 Å². The lowest BCUT2D eigenvalue weighted by atomic mass is 9.43. The highest BCUT2D eigenvalue weighted by Crippen LogP contribution is 2.66. The average molecular weight is 380 g/mol. The normalized spacial score (nSPS) is 56.6. The topological polar surface area (TPSA) is 96.2 Å². The zero-order valence-corrected chi connectivity index (χ0v) is 16.3. The molecule has 152 valence electrons. The lowest BCUT2D eigenvalue weighted by Crippen LogP contribution is -2.64. The van der Waals surface area contributed by atoms with Crippen LogP contribution in [0.5, 0.6) is 0 Å². The molecule has 4 saturated carbocycles. The van der Waals surface area contributed by atoms with E-state index in [1.165, 1.54) is 0 Å². The van der Waals surface area contributed by atoms with Crippen molar-refractivity contribution in [1.82, 2.24) is 0 Å². The zero-order chi connectivity index (χ0) is 19.2. The molecular formula is C21H32O6. The monoisotopic (exact) mass is 380 g/mol. The van der Waals surface area contributed by atoms with Crippen LogP contribution in [0, 0.1) is 34.5 Å². The summed E-state index contributed by atoms with van der Waals surface area (Å²) in [6.07, 6.45) is 1.71. The number of Topliss-reactive ketones (excluding diaryl/α,β-unsaturated/α-hetero) is 1. The van der Waals surface area contributed by atoms with Crippen LogP contribution in [0.3, 0.4) is 0 Å². The largest absolute Gasteiger partial charge is 0.393 e. The van der Waals surface area contributed by atoms with Gasteiger partial charge in [0, 0.05) is 25.2 Å². The van der Waals surface area contributed by atoms with Crippen LogP contribution >= 0.6 is 0 Å². The predicted octanol–water partition coefficient (Wildman–Crippen LogP) is 1.25. The van der Waals surface area contributed by atoms with Gasteiger partial charge in [0.15, 0.2) is 5.79 Å². The van der Waals surface area contributed by atoms with Crippen LogP contribution in [-0.2, 0) is 14.3 Å². The summed E-state index contributed by atoms with van der Waals surface area (Å²) in [5.74, 6) is -0.700. The number of hydrogen-bond donors (Lipinski definition) is 3. The Labute approximate surface area is 160 Å². The molecular weight excluding hydrogens is 348 g/mol. The number of aliphatic hydroxyl groups is 3. The van der Waals surface area contributed by atoms with E-state index >= 15 is 0 Å². The van der Waals surface area contributed by atoms with Gasteiger partial charge in [0.2, 0.25) is 0 Å². The Bertz CT molecular complexity index is 645. The summed E-state index contributed by atoms with van der Waals surface area (Å²) in [6, 6.07) is 0. The zero-order valence-electron chi connectivity index (χ0n) is 16.3. The van der Waals surface area contributed by atoms with Crippen LogP contribution in [-0.4, -0.2) is 58.4 Å². The summed E-state index contributed by atoms with van der Waals surface area (Å²) < 4.78 is 11.9. The minimum absolute atomic E-state index is 0.0435. The minimum atomic E-state index is -0.932. The van der Waals surface area contributed by atoms with Gasteiger partial charge < -0.3 is 24.8 Å². The second-order valence-corrected chi connectivity index (χ2v) is 10.3. The van der Waals surface area contributed by atoms with Gasteiger partial charge in [-0.15, -0.1) is 0 Å². The molecule has 0 amide bonds. The third kappa shape index (κ3) is 2.28. The molecule has 27 heavy (non-hydrogen) atoms. The fourth-order valence-corrected chi connectivity index (χ4v) is 7.72. The molecule has 1 spiro atoms. The third-order valence-electron chi connectivity index (χ3n) is 9.32. The molecule has 0 bridgehead atoms. The number of carbonyl (C=O) groups excluding carboxylic acids is 1. The number of carbonyl (C=O) groups is 1. The standard InChI is InChI=1S/C21H32O6/c1-19-3-4-21(26-5-6-27-21)10-11(19)7-13(22)17-12(19)8-15(24)20(2)16(25)9-14(23)18(17)20/h11-15,17-18,22-24H,3-10H2,1-2H3/t11-,12-,13-,14-,15+,17-,18-,19-,20+/m0/s1. The smallest absolute Gasteiger partial charge is 0.168 e. The Morgan fingerprint density at radius 1 is 1.00 bits per heavy atom. The highest BCUT2D eigenvalue weighted by molar-refractivity contribution is 5.88. The van der Waals surface area contributed by atoms with Crippen molar-refractivity contribution in [2.24, 2.45) is 34.5 Å². The SMILES string of the molecule is C[C@]12CCC3(C[C@@H]1C[C@H](O)[C@H]1[C@@H]4[C@@H](O)CC(=O)[C@@]4(C)[C@H](O)C[C@@H]12)OCCO3. The number of rotatable bonds is 0. The quantitative estimate of drug-likeness (QED) is 0.585. The first-order chi connectivity index (χ1) is 12.7. The summed E-state index contributed by atoms with van der Waals surface area (Å²) in [5.41, 5.74) is -0.976. The van der Waals surface area contributed by atoms with Gasteiger partial charge in [-0.1, -0.05) is 6.92 Å². The summed E-state index contributed by atoms with van der Waals surface area (Å²) in [4.78, 5) is 12.6. The number of hydrogen-bond acceptors (Lipinski definition) is 6. The molecule has 6 nitrogen and oxygen atoms in total. The molecule has 0 aromatic carbocycles. The molecule has 5 rings (SSSR count). The number of fused-ring (bicyclic) bond motifs is 5. The highest BCUT2D eigenvalue weighted by Gasteiger charge is 2.68. The Morgan fingerprint density at radius 3 is 2.41 bits per heavy atom. The molecule has 1 aliphatic heterocycles. The third-order valence-corrected chi connectivity index (χ3v) is 9.32. The van der Waals surface area contributed by atoms with Crippen LogP contribution in [0.25, 0.3) is 0 Å². The summed E-state index contributed by atoms with van der Waals surface area (Å²) in [7, 11) is 0. The maximum absolute atomic E-state index is 12.6. The van der Waals surface area contributed by atoms with Gasteiger partial charge >= 0.3 is 0 Å². The van der Waals surface area contributed by atoms with E-state index in [1.807, 2.05) is 0 Å². The molecule has 1 saturated heterocycles. The molecule has 5 fully saturated rings. The Kier molecular flexibility index (Phi) is 3.94. The second kappa shape index (κ2) is 5.76. The van der Waals surface area contributed by atoms with E-state index in [-0.39, 0.29) is 41.3 Å². The Morgan fingerprint density at radius 2 is 1.70 bits per heavy atom. The van der Waals surface area contributed by atoms with E-state index in [2.05, 4.69) is 6.92 Å². The van der Waals surface area contributed by atoms with Gasteiger partial charge in [0.1, 0.15) is 5.78 Å². The Balaban J connectivity index is 1.51. The molecule has 0 aromatic heterocycles. The molecule has 0 radical (unpaired) electrons. The van der Waals surface area contributed by atoms with Crippen LogP contribution in [0.15, 0.2) is 0 Å². The van der Waals surface area contributed by atoms with Gasteiger partial charge in [-0.3, -0.25) is 4.79 Å². The van der Waals surface area contributed by atoms with Crippen LogP contribution in [0.2, 0.25) is 0 Å². The maximum atomic E-state index is 12.6. The fourth-order valence-electron chi connectivity index (χ4n) is 7.72. The maximum Gasteiger partial charge on any atom is 0.168 e. The van der Waals surface area contributed by atoms with E-state index in [9.17, 15) is 20.1 Å². The first-order valence-corrected chi connectivity index (χ1v) is 10.6. The molecule has 4 aliphatic carbocycles. The number of aliphatic hydroxyl groups excluding tert-OH is 3. The van der Waals surface area contributed by atoms with Crippen molar-refractivity contribution in [3.63, 3.8) is 0 Å². The highest BCUT2D eigenvalue weighted by atomic mass is 16.7. The van der Waals surface area contributed by atoms with Gasteiger partial charge in [-0.05, 0) is 49.4 Å². The van der Waals surface area contributed by atoms with Crippen molar-refractivity contribution < 1.29 is 29.6 Å². The number of ketones is 1. The second-order valence-electron chi connectivity index (χ2n) is 10.3. The van der Waals surface area contributed by atoms with Crippen molar-refractivity contribution in [3.8, 4) is 0 Å². The van der Waals surface area contributed by atoms with Crippen molar-refractivity contribution >= 4 is 5.78 Å². The molecule has 0 unspecified atom stereocenters. The number of ether oxygens (including phenoxy) is 2. The van der Waals surface area contributed by atoms with Gasteiger partial charge in [0.25, 0.3) is 0 Å². The molecule has 9 atom stereocenters. The van der Waals surface area contributed by atoms with E-state index in [4.69, 9.17) is 9.47 Å². The van der Waals surface area contributed by atoms with Gasteiger partial charge in [-0.2, -0.15) is 0 Å². The predicted molar refractivity (Wildman–Crippen MR) is 95.5 cm³/mol. The van der Waals surface area contributed by atoms with Crippen molar-refractivity contribution in [3.05, 3.63) is 0 Å². The van der Waals surface area contributed by atoms with Gasteiger partial charge in [-0.25, -0.2) is 0 Å². The molecule has 0 aromatic rings. The lowest BCUT2D eigenvalue weighted by molar-refractivity contribution is -0.252. The average Bonchev–Trinajstić information content (AvgIpc) is 3.15. The van der Waals surface area contributed by atoms with Crippen molar-refractivity contribution in [1.29, 1.82) is 0 Å². The summed E-state index contributed by atoms with van der Waals surface area (Å²) >= 11 is 0.